The number of para-hydroxylation sites is 1. The van der Waals surface area contributed by atoms with Crippen molar-refractivity contribution in [2.45, 2.75) is 0 Å². The zero-order valence-electron chi connectivity index (χ0n) is 12.0. The molecule has 2 aromatic rings. The molecule has 0 spiro atoms. The van der Waals surface area contributed by atoms with Crippen LogP contribution in [0.5, 0.6) is 5.75 Å². The lowest BCUT2D eigenvalue weighted by atomic mass is 10.3. The maximum absolute atomic E-state index is 12.0. The number of rotatable bonds is 3. The second kappa shape index (κ2) is 6.95. The fraction of sp³-hybridized carbons (Fsp3) is 0.125. The van der Waals surface area contributed by atoms with Crippen molar-refractivity contribution in [3.63, 3.8) is 0 Å². The number of nitrogens with zero attached hydrogens (tertiary/aromatic N) is 2. The number of carbonyl (C=O) groups is 1. The smallest absolute Gasteiger partial charge is 0.255 e. The number of hydrogen-bond donors (Lipinski definition) is 1. The highest BCUT2D eigenvalue weighted by Gasteiger charge is 2.26. The van der Waals surface area contributed by atoms with Crippen LogP contribution in [0, 0.1) is 0 Å². The topological polar surface area (TPSA) is 53.9 Å². The van der Waals surface area contributed by atoms with Gasteiger partial charge in [0.05, 0.1) is 12.8 Å². The summed E-state index contributed by atoms with van der Waals surface area (Å²) in [6.07, 6.45) is 0. The van der Waals surface area contributed by atoms with E-state index >= 15 is 0 Å². The number of ether oxygens (including phenoxy) is 1. The molecule has 0 bridgehead atoms. The molecule has 0 aliphatic carbocycles. The number of aliphatic imine (C=N–C) groups is 1. The molecule has 1 aliphatic heterocycles. The van der Waals surface area contributed by atoms with Gasteiger partial charge in [-0.05, 0) is 36.4 Å². The number of amides is 1. The molecule has 1 aliphatic rings. The SMILES string of the molecule is COc1ccc(NC2=NCC(=O)N2c2ccccc2)cc1.Cl. The minimum absolute atomic E-state index is 0. The van der Waals surface area contributed by atoms with Crippen LogP contribution in [0.25, 0.3) is 0 Å². The van der Waals surface area contributed by atoms with Crippen molar-refractivity contribution in [1.82, 2.24) is 0 Å². The summed E-state index contributed by atoms with van der Waals surface area (Å²) < 4.78 is 5.12. The Balaban J connectivity index is 0.00000176. The first-order chi connectivity index (χ1) is 10.3. The third-order valence-corrected chi connectivity index (χ3v) is 3.19. The number of carbonyl (C=O) groups excluding carboxylic acids is 1. The van der Waals surface area contributed by atoms with Gasteiger partial charge in [-0.1, -0.05) is 18.2 Å². The Bertz CT molecular complexity index is 672. The van der Waals surface area contributed by atoms with Crippen LogP contribution in [0.4, 0.5) is 11.4 Å². The molecule has 114 valence electrons. The Hall–Kier alpha value is -2.53. The number of benzene rings is 2. The van der Waals surface area contributed by atoms with Crippen LogP contribution in [0.15, 0.2) is 59.6 Å². The van der Waals surface area contributed by atoms with Gasteiger partial charge in [-0.25, -0.2) is 9.89 Å². The normalized spacial score (nSPS) is 13.4. The van der Waals surface area contributed by atoms with E-state index in [0.717, 1.165) is 17.1 Å². The highest BCUT2D eigenvalue weighted by molar-refractivity contribution is 6.24. The molecule has 22 heavy (non-hydrogen) atoms. The highest BCUT2D eigenvalue weighted by atomic mass is 35.5. The van der Waals surface area contributed by atoms with Gasteiger partial charge in [-0.15, -0.1) is 12.4 Å². The molecule has 6 heteroatoms. The molecule has 3 rings (SSSR count). The fourth-order valence-electron chi connectivity index (χ4n) is 2.14. The molecule has 0 fully saturated rings. The van der Waals surface area contributed by atoms with Gasteiger partial charge in [0.1, 0.15) is 12.3 Å². The number of anilines is 2. The van der Waals surface area contributed by atoms with Crippen LogP contribution in [0.2, 0.25) is 0 Å². The molecule has 2 aromatic carbocycles. The average molecular weight is 318 g/mol. The van der Waals surface area contributed by atoms with E-state index < -0.39 is 0 Å². The Morgan fingerprint density at radius 1 is 1.09 bits per heavy atom. The first kappa shape index (κ1) is 15.9. The Kier molecular flexibility index (Phi) is 5.01. The second-order valence-electron chi connectivity index (χ2n) is 4.56. The Labute approximate surface area is 135 Å². The van der Waals surface area contributed by atoms with E-state index in [0.29, 0.717) is 5.96 Å². The lowest BCUT2D eigenvalue weighted by molar-refractivity contribution is -0.115. The Morgan fingerprint density at radius 2 is 1.77 bits per heavy atom. The van der Waals surface area contributed by atoms with Gasteiger partial charge < -0.3 is 10.1 Å². The molecule has 1 N–H and O–H groups in total. The zero-order chi connectivity index (χ0) is 14.7. The minimum Gasteiger partial charge on any atom is -0.497 e. The fourth-order valence-corrected chi connectivity index (χ4v) is 2.14. The van der Waals surface area contributed by atoms with E-state index in [1.807, 2.05) is 54.6 Å². The van der Waals surface area contributed by atoms with E-state index in [1.165, 1.54) is 0 Å². The van der Waals surface area contributed by atoms with Crippen molar-refractivity contribution < 1.29 is 9.53 Å². The number of methoxy groups -OCH3 is 1. The summed E-state index contributed by atoms with van der Waals surface area (Å²) >= 11 is 0. The molecule has 1 heterocycles. The predicted octanol–water partition coefficient (Wildman–Crippen LogP) is 2.93. The van der Waals surface area contributed by atoms with Crippen molar-refractivity contribution in [1.29, 1.82) is 0 Å². The molecule has 0 unspecified atom stereocenters. The number of halogens is 1. The van der Waals surface area contributed by atoms with Gasteiger partial charge in [0, 0.05) is 5.69 Å². The molecule has 0 atom stereocenters. The predicted molar refractivity (Wildman–Crippen MR) is 90.1 cm³/mol. The van der Waals surface area contributed by atoms with Crippen LogP contribution in [0.3, 0.4) is 0 Å². The molecule has 0 radical (unpaired) electrons. The van der Waals surface area contributed by atoms with Crippen LogP contribution >= 0.6 is 12.4 Å². The van der Waals surface area contributed by atoms with Crippen LogP contribution in [-0.2, 0) is 4.79 Å². The standard InChI is InChI=1S/C16H15N3O2.ClH/c1-21-14-9-7-12(8-10-14)18-16-17-11-15(20)19(16)13-5-3-2-4-6-13;/h2-10H,11H2,1H3,(H,17,18);1H. The third-order valence-electron chi connectivity index (χ3n) is 3.19. The second-order valence-corrected chi connectivity index (χ2v) is 4.56. The van der Waals surface area contributed by atoms with Crippen molar-refractivity contribution >= 4 is 35.6 Å². The van der Waals surface area contributed by atoms with E-state index in [4.69, 9.17) is 4.74 Å². The van der Waals surface area contributed by atoms with E-state index in [9.17, 15) is 4.79 Å². The largest absolute Gasteiger partial charge is 0.497 e. The highest BCUT2D eigenvalue weighted by Crippen LogP contribution is 2.20. The van der Waals surface area contributed by atoms with Gasteiger partial charge in [0.15, 0.2) is 0 Å². The molecule has 0 saturated heterocycles. The molecular formula is C16H16ClN3O2. The molecular weight excluding hydrogens is 302 g/mol. The summed E-state index contributed by atoms with van der Waals surface area (Å²) in [5.41, 5.74) is 1.66. The van der Waals surface area contributed by atoms with Crippen LogP contribution < -0.4 is 15.0 Å². The number of guanidine groups is 1. The lowest BCUT2D eigenvalue weighted by Crippen LogP contribution is -2.36. The Morgan fingerprint density at radius 3 is 2.41 bits per heavy atom. The van der Waals surface area contributed by atoms with Crippen LogP contribution in [0.1, 0.15) is 0 Å². The summed E-state index contributed by atoms with van der Waals surface area (Å²) in [6, 6.07) is 16.9. The van der Waals surface area contributed by atoms with Crippen LogP contribution in [-0.4, -0.2) is 25.5 Å². The minimum atomic E-state index is -0.0442. The van der Waals surface area contributed by atoms with Gasteiger partial charge in [0.25, 0.3) is 5.91 Å². The van der Waals surface area contributed by atoms with Crippen molar-refractivity contribution in [2.24, 2.45) is 4.99 Å². The molecule has 0 saturated carbocycles. The van der Waals surface area contributed by atoms with Crippen molar-refractivity contribution in [3.05, 3.63) is 54.6 Å². The third kappa shape index (κ3) is 3.20. The van der Waals surface area contributed by atoms with Crippen molar-refractivity contribution in [3.8, 4) is 5.75 Å². The van der Waals surface area contributed by atoms with E-state index in [1.54, 1.807) is 12.0 Å². The maximum atomic E-state index is 12.0. The summed E-state index contributed by atoms with van der Waals surface area (Å²) in [7, 11) is 1.62. The first-order valence-electron chi connectivity index (χ1n) is 6.61. The van der Waals surface area contributed by atoms with Gasteiger partial charge in [-0.2, -0.15) is 0 Å². The van der Waals surface area contributed by atoms with Gasteiger partial charge in [0.2, 0.25) is 5.96 Å². The summed E-state index contributed by atoms with van der Waals surface area (Å²) in [5, 5.41) is 3.17. The average Bonchev–Trinajstić information content (AvgIpc) is 2.89. The summed E-state index contributed by atoms with van der Waals surface area (Å²) in [5.74, 6) is 1.28. The zero-order valence-corrected chi connectivity index (χ0v) is 12.8. The van der Waals surface area contributed by atoms with Crippen molar-refractivity contribution in [2.75, 3.05) is 23.9 Å². The van der Waals surface area contributed by atoms with Gasteiger partial charge in [-0.3, -0.25) is 4.79 Å². The molecule has 1 amide bonds. The first-order valence-corrected chi connectivity index (χ1v) is 6.61. The number of nitrogens with one attached hydrogen (secondary N) is 1. The van der Waals surface area contributed by atoms with E-state index in [2.05, 4.69) is 10.3 Å². The quantitative estimate of drug-likeness (QED) is 0.947. The molecule has 5 nitrogen and oxygen atoms in total. The lowest BCUT2D eigenvalue weighted by Gasteiger charge is -2.19. The number of hydrogen-bond acceptors (Lipinski definition) is 4. The van der Waals surface area contributed by atoms with E-state index in [-0.39, 0.29) is 24.9 Å². The maximum Gasteiger partial charge on any atom is 0.255 e. The molecule has 0 aromatic heterocycles. The summed E-state index contributed by atoms with van der Waals surface area (Å²) in [6.45, 7) is 0.160. The summed E-state index contributed by atoms with van der Waals surface area (Å²) in [4.78, 5) is 17.9. The van der Waals surface area contributed by atoms with Gasteiger partial charge >= 0.3 is 0 Å². The monoisotopic (exact) mass is 317 g/mol.